The fraction of sp³-hybridized carbons (Fsp3) is 0.348. The zero-order chi connectivity index (χ0) is 21.9. The van der Waals surface area contributed by atoms with Crippen LogP contribution in [0.25, 0.3) is 0 Å². The molecule has 0 radical (unpaired) electrons. The molecule has 0 aliphatic rings. The van der Waals surface area contributed by atoms with Gasteiger partial charge in [-0.2, -0.15) is 0 Å². The van der Waals surface area contributed by atoms with Gasteiger partial charge in [-0.05, 0) is 49.4 Å². The first-order chi connectivity index (χ1) is 14.4. The molecule has 0 fully saturated rings. The van der Waals surface area contributed by atoms with Crippen LogP contribution in [0.1, 0.15) is 55.3 Å². The number of amidine groups is 1. The topological polar surface area (TPSA) is 125 Å². The van der Waals surface area contributed by atoms with Crippen LogP contribution in [0.3, 0.4) is 0 Å². The molecule has 2 aromatic carbocycles. The molecule has 30 heavy (non-hydrogen) atoms. The van der Waals surface area contributed by atoms with Gasteiger partial charge < -0.3 is 20.9 Å². The van der Waals surface area contributed by atoms with Crippen LogP contribution in [0.2, 0.25) is 0 Å². The second-order valence-electron chi connectivity index (χ2n) is 7.04. The van der Waals surface area contributed by atoms with Gasteiger partial charge in [-0.1, -0.05) is 36.4 Å². The lowest BCUT2D eigenvalue weighted by molar-refractivity contribution is -0.137. The first-order valence-corrected chi connectivity index (χ1v) is 10.1. The summed E-state index contributed by atoms with van der Waals surface area (Å²) >= 11 is 0. The van der Waals surface area contributed by atoms with Gasteiger partial charge in [-0.15, -0.1) is 0 Å². The summed E-state index contributed by atoms with van der Waals surface area (Å²) in [5, 5.41) is 19.4. The van der Waals surface area contributed by atoms with Crippen molar-refractivity contribution in [3.05, 3.63) is 65.2 Å². The molecule has 0 bridgehead atoms. The number of benzene rings is 2. The van der Waals surface area contributed by atoms with Crippen LogP contribution in [0.15, 0.2) is 48.5 Å². The molecule has 0 saturated carbocycles. The quantitative estimate of drug-likeness (QED) is 0.242. The van der Waals surface area contributed by atoms with Crippen LogP contribution in [-0.4, -0.2) is 29.4 Å². The molecule has 0 aliphatic heterocycles. The number of aryl methyl sites for hydroxylation is 1. The van der Waals surface area contributed by atoms with Crippen LogP contribution in [0.4, 0.5) is 0 Å². The molecule has 7 heteroatoms. The number of nitrogens with two attached hydrogens (primary N) is 1. The van der Waals surface area contributed by atoms with Gasteiger partial charge in [0.25, 0.3) is 0 Å². The maximum absolute atomic E-state index is 12.3. The molecule has 0 spiro atoms. The van der Waals surface area contributed by atoms with Crippen molar-refractivity contribution in [2.75, 3.05) is 6.61 Å². The normalized spacial score (nSPS) is 11.5. The third-order valence-electron chi connectivity index (χ3n) is 4.69. The lowest BCUT2D eigenvalue weighted by atomic mass is 10.0. The molecule has 7 nitrogen and oxygen atoms in total. The number of carbonyl (C=O) groups excluding carboxylic acids is 1. The second-order valence-corrected chi connectivity index (χ2v) is 7.04. The van der Waals surface area contributed by atoms with Crippen molar-refractivity contribution in [1.82, 2.24) is 5.32 Å². The zero-order valence-corrected chi connectivity index (χ0v) is 17.2. The molecule has 1 atom stereocenters. The number of nitrogens with one attached hydrogen (secondary N) is 2. The van der Waals surface area contributed by atoms with Crippen molar-refractivity contribution < 1.29 is 19.4 Å². The average Bonchev–Trinajstić information content (AvgIpc) is 2.71. The predicted octanol–water partition coefficient (Wildman–Crippen LogP) is 3.41. The lowest BCUT2D eigenvalue weighted by Gasteiger charge is -2.18. The number of unbranched alkanes of at least 4 members (excludes halogenated alkanes) is 1. The number of rotatable bonds is 12. The smallest absolute Gasteiger partial charge is 0.305 e. The minimum Gasteiger partial charge on any atom is -0.494 e. The van der Waals surface area contributed by atoms with Crippen LogP contribution >= 0.6 is 0 Å². The van der Waals surface area contributed by atoms with Gasteiger partial charge in [0.15, 0.2) is 0 Å². The van der Waals surface area contributed by atoms with E-state index < -0.39 is 12.0 Å². The predicted molar refractivity (Wildman–Crippen MR) is 116 cm³/mol. The van der Waals surface area contributed by atoms with Crippen molar-refractivity contribution in [1.29, 1.82) is 5.41 Å². The number of hydrogen-bond donors (Lipinski definition) is 4. The van der Waals surface area contributed by atoms with Crippen molar-refractivity contribution in [2.45, 2.75) is 45.1 Å². The largest absolute Gasteiger partial charge is 0.494 e. The summed E-state index contributed by atoms with van der Waals surface area (Å²) in [6.45, 7) is 2.44. The standard InChI is InChI=1S/C23H29N3O4/c1-2-30-19-13-11-17(12-14-19)20(15-22(28)29)26-21(27)6-4-3-5-16-7-9-18(10-8-16)23(24)25/h7-14,20H,2-6,15H2,1H3,(H3,24,25)(H,26,27)(H,28,29). The summed E-state index contributed by atoms with van der Waals surface area (Å²) in [5.74, 6) is -0.384. The summed E-state index contributed by atoms with van der Waals surface area (Å²) in [6, 6.07) is 14.0. The van der Waals surface area contributed by atoms with Gasteiger partial charge in [-0.25, -0.2) is 0 Å². The van der Waals surface area contributed by atoms with E-state index in [1.807, 2.05) is 31.2 Å². The van der Waals surface area contributed by atoms with Gasteiger partial charge >= 0.3 is 5.97 Å². The van der Waals surface area contributed by atoms with Gasteiger partial charge in [0.05, 0.1) is 19.1 Å². The first-order valence-electron chi connectivity index (χ1n) is 10.1. The highest BCUT2D eigenvalue weighted by Crippen LogP contribution is 2.21. The molecule has 2 aromatic rings. The lowest BCUT2D eigenvalue weighted by Crippen LogP contribution is -2.30. The molecule has 2 rings (SSSR count). The summed E-state index contributed by atoms with van der Waals surface area (Å²) in [6.07, 6.45) is 2.51. The average molecular weight is 412 g/mol. The Kier molecular flexibility index (Phi) is 8.87. The minimum atomic E-state index is -0.969. The summed E-state index contributed by atoms with van der Waals surface area (Å²) in [4.78, 5) is 23.6. The number of nitrogen functional groups attached to an aromatic ring is 1. The minimum absolute atomic E-state index is 0.0432. The van der Waals surface area contributed by atoms with Gasteiger partial charge in [0, 0.05) is 12.0 Å². The Morgan fingerprint density at radius 2 is 1.77 bits per heavy atom. The van der Waals surface area contributed by atoms with Crippen LogP contribution < -0.4 is 15.8 Å². The van der Waals surface area contributed by atoms with Gasteiger partial charge in [0.1, 0.15) is 11.6 Å². The summed E-state index contributed by atoms with van der Waals surface area (Å²) < 4.78 is 5.40. The molecule has 0 aromatic heterocycles. The molecular weight excluding hydrogens is 382 g/mol. The molecule has 5 N–H and O–H groups in total. The first kappa shape index (κ1) is 22.9. The maximum Gasteiger partial charge on any atom is 0.305 e. The third kappa shape index (κ3) is 7.58. The number of amides is 1. The maximum atomic E-state index is 12.3. The molecular formula is C23H29N3O4. The van der Waals surface area contributed by atoms with Crippen molar-refractivity contribution in [3.8, 4) is 5.75 Å². The molecule has 1 amide bonds. The fourth-order valence-corrected chi connectivity index (χ4v) is 3.12. The summed E-state index contributed by atoms with van der Waals surface area (Å²) in [7, 11) is 0. The van der Waals surface area contributed by atoms with Crippen LogP contribution in [0.5, 0.6) is 5.75 Å². The number of ether oxygens (including phenoxy) is 1. The fourth-order valence-electron chi connectivity index (χ4n) is 3.12. The second kappa shape index (κ2) is 11.6. The third-order valence-corrected chi connectivity index (χ3v) is 4.69. The Hall–Kier alpha value is -3.35. The molecule has 0 aliphatic carbocycles. The SMILES string of the molecule is CCOc1ccc(C(CC(=O)O)NC(=O)CCCCc2ccc(C(=N)N)cc2)cc1. The van der Waals surface area contributed by atoms with E-state index in [0.29, 0.717) is 30.8 Å². The highest BCUT2D eigenvalue weighted by atomic mass is 16.5. The van der Waals surface area contributed by atoms with Crippen molar-refractivity contribution in [2.24, 2.45) is 5.73 Å². The zero-order valence-electron chi connectivity index (χ0n) is 17.2. The summed E-state index contributed by atoms with van der Waals surface area (Å²) in [5.41, 5.74) is 8.00. The Balaban J connectivity index is 1.83. The highest BCUT2D eigenvalue weighted by Gasteiger charge is 2.18. The van der Waals surface area contributed by atoms with E-state index in [2.05, 4.69) is 5.32 Å². The Morgan fingerprint density at radius 3 is 2.33 bits per heavy atom. The highest BCUT2D eigenvalue weighted by molar-refractivity contribution is 5.94. The molecule has 160 valence electrons. The van der Waals surface area contributed by atoms with E-state index in [0.717, 1.165) is 24.0 Å². The number of carboxylic acid groups (broad SMARTS) is 1. The van der Waals surface area contributed by atoms with Gasteiger partial charge in [-0.3, -0.25) is 15.0 Å². The Bertz CT molecular complexity index is 848. The Morgan fingerprint density at radius 1 is 1.10 bits per heavy atom. The van der Waals surface area contributed by atoms with Crippen LogP contribution in [-0.2, 0) is 16.0 Å². The van der Waals surface area contributed by atoms with Gasteiger partial charge in [0.2, 0.25) is 5.91 Å². The monoisotopic (exact) mass is 411 g/mol. The van der Waals surface area contributed by atoms with Crippen LogP contribution in [0, 0.1) is 5.41 Å². The number of carboxylic acids is 1. The molecule has 0 heterocycles. The van der Waals surface area contributed by atoms with E-state index in [9.17, 15) is 14.7 Å². The number of hydrogen-bond acceptors (Lipinski definition) is 4. The van der Waals surface area contributed by atoms with E-state index in [-0.39, 0.29) is 18.2 Å². The number of aliphatic carboxylic acids is 1. The van der Waals surface area contributed by atoms with Crippen molar-refractivity contribution in [3.63, 3.8) is 0 Å². The van der Waals surface area contributed by atoms with E-state index >= 15 is 0 Å². The molecule has 1 unspecified atom stereocenters. The van der Waals surface area contributed by atoms with Crippen molar-refractivity contribution >= 4 is 17.7 Å². The number of carbonyl (C=O) groups is 2. The van der Waals surface area contributed by atoms with E-state index in [4.69, 9.17) is 15.9 Å². The van der Waals surface area contributed by atoms with E-state index in [1.165, 1.54) is 0 Å². The Labute approximate surface area is 176 Å². The molecule has 0 saturated heterocycles. The van der Waals surface area contributed by atoms with E-state index in [1.54, 1.807) is 24.3 Å².